The Balaban J connectivity index is 1.45. The number of nitrogens with one attached hydrogen (secondary N) is 1. The molecule has 1 nitrogen and oxygen atoms in total. The molecule has 1 heteroatoms. The van der Waals surface area contributed by atoms with Gasteiger partial charge in [0.1, 0.15) is 0 Å². The van der Waals surface area contributed by atoms with Crippen LogP contribution >= 0.6 is 0 Å². The van der Waals surface area contributed by atoms with E-state index in [0.29, 0.717) is 10.8 Å². The van der Waals surface area contributed by atoms with Gasteiger partial charge >= 0.3 is 0 Å². The Hall–Kier alpha value is -0.0400. The lowest BCUT2D eigenvalue weighted by atomic mass is 9.48. The smallest absolute Gasteiger partial charge is 0.00957 e. The second kappa shape index (κ2) is 3.75. The van der Waals surface area contributed by atoms with E-state index in [9.17, 15) is 0 Å². The van der Waals surface area contributed by atoms with Gasteiger partial charge in [-0.3, -0.25) is 0 Å². The topological polar surface area (TPSA) is 12.0 Å². The molecule has 102 valence electrons. The summed E-state index contributed by atoms with van der Waals surface area (Å²) < 4.78 is 0. The summed E-state index contributed by atoms with van der Waals surface area (Å²) in [7, 11) is 0. The Morgan fingerprint density at radius 1 is 1.00 bits per heavy atom. The summed E-state index contributed by atoms with van der Waals surface area (Å²) >= 11 is 0. The number of hydrogen-bond donors (Lipinski definition) is 1. The highest BCUT2D eigenvalue weighted by molar-refractivity contribution is 5.05. The zero-order chi connectivity index (χ0) is 12.4. The SMILES string of the molecule is CC(NCC1(C)CC1)C12CC3CC(CC(C3)C1)C2. The molecule has 0 aromatic rings. The molecule has 0 aromatic carbocycles. The third-order valence-electron chi connectivity index (χ3n) is 6.94. The van der Waals surface area contributed by atoms with Crippen molar-refractivity contribution < 1.29 is 0 Å². The normalized spacial score (nSPS) is 49.3. The van der Waals surface area contributed by atoms with Crippen LogP contribution in [0.25, 0.3) is 0 Å². The van der Waals surface area contributed by atoms with E-state index >= 15 is 0 Å². The molecule has 4 bridgehead atoms. The van der Waals surface area contributed by atoms with Crippen LogP contribution in [0.2, 0.25) is 0 Å². The van der Waals surface area contributed by atoms with Gasteiger partial charge in [0.25, 0.3) is 0 Å². The van der Waals surface area contributed by atoms with E-state index in [1.165, 1.54) is 19.4 Å². The van der Waals surface area contributed by atoms with E-state index in [-0.39, 0.29) is 0 Å². The molecule has 0 radical (unpaired) electrons. The van der Waals surface area contributed by atoms with Crippen LogP contribution in [0.5, 0.6) is 0 Å². The molecule has 5 fully saturated rings. The Kier molecular flexibility index (Phi) is 2.45. The molecule has 0 saturated heterocycles. The molecule has 5 aliphatic rings. The number of rotatable bonds is 4. The molecule has 1 N–H and O–H groups in total. The van der Waals surface area contributed by atoms with Crippen molar-refractivity contribution >= 4 is 0 Å². The molecule has 5 rings (SSSR count). The minimum Gasteiger partial charge on any atom is -0.313 e. The highest BCUT2D eigenvalue weighted by Gasteiger charge is 2.53. The third-order valence-corrected chi connectivity index (χ3v) is 6.94. The Morgan fingerprint density at radius 2 is 1.50 bits per heavy atom. The first-order chi connectivity index (χ1) is 8.57. The first kappa shape index (κ1) is 11.8. The van der Waals surface area contributed by atoms with Gasteiger partial charge in [-0.25, -0.2) is 0 Å². The zero-order valence-corrected chi connectivity index (χ0v) is 12.2. The first-order valence-corrected chi connectivity index (χ1v) is 8.30. The van der Waals surface area contributed by atoms with E-state index in [0.717, 1.165) is 23.8 Å². The molecule has 0 aliphatic heterocycles. The average Bonchev–Trinajstić information content (AvgIpc) is 3.03. The largest absolute Gasteiger partial charge is 0.313 e. The predicted octanol–water partition coefficient (Wildman–Crippen LogP) is 3.98. The van der Waals surface area contributed by atoms with Crippen molar-refractivity contribution in [1.29, 1.82) is 0 Å². The summed E-state index contributed by atoms with van der Waals surface area (Å²) in [5, 5.41) is 3.94. The zero-order valence-electron chi connectivity index (χ0n) is 12.2. The van der Waals surface area contributed by atoms with E-state index in [2.05, 4.69) is 19.2 Å². The first-order valence-electron chi connectivity index (χ1n) is 8.30. The molecule has 1 atom stereocenters. The van der Waals surface area contributed by atoms with Gasteiger partial charge in [-0.05, 0) is 86.9 Å². The van der Waals surface area contributed by atoms with Gasteiger partial charge in [0.2, 0.25) is 0 Å². The second-order valence-corrected chi connectivity index (χ2v) is 8.69. The van der Waals surface area contributed by atoms with Crippen LogP contribution in [0.3, 0.4) is 0 Å². The van der Waals surface area contributed by atoms with Crippen molar-refractivity contribution in [3.63, 3.8) is 0 Å². The minimum absolute atomic E-state index is 0.663. The second-order valence-electron chi connectivity index (χ2n) is 8.69. The summed E-state index contributed by atoms with van der Waals surface area (Å²) in [6, 6.07) is 0.767. The van der Waals surface area contributed by atoms with Crippen molar-refractivity contribution in [1.82, 2.24) is 5.32 Å². The molecule has 0 spiro atoms. The van der Waals surface area contributed by atoms with Crippen molar-refractivity contribution in [2.24, 2.45) is 28.6 Å². The van der Waals surface area contributed by atoms with E-state index in [4.69, 9.17) is 0 Å². The van der Waals surface area contributed by atoms with Crippen molar-refractivity contribution in [2.45, 2.75) is 71.3 Å². The minimum atomic E-state index is 0.663. The van der Waals surface area contributed by atoms with Gasteiger partial charge in [0.05, 0.1) is 0 Å². The summed E-state index contributed by atoms with van der Waals surface area (Å²) in [6.07, 6.45) is 12.3. The van der Waals surface area contributed by atoms with E-state index in [1.807, 2.05) is 0 Å². The van der Waals surface area contributed by atoms with Crippen LogP contribution < -0.4 is 5.32 Å². The lowest BCUT2D eigenvalue weighted by Crippen LogP contribution is -2.55. The van der Waals surface area contributed by atoms with Crippen LogP contribution in [-0.4, -0.2) is 12.6 Å². The third kappa shape index (κ3) is 1.85. The Labute approximate surface area is 112 Å². The lowest BCUT2D eigenvalue weighted by molar-refractivity contribution is -0.0708. The highest BCUT2D eigenvalue weighted by Crippen LogP contribution is 2.61. The van der Waals surface area contributed by atoms with E-state index in [1.54, 1.807) is 38.5 Å². The van der Waals surface area contributed by atoms with Crippen molar-refractivity contribution in [3.05, 3.63) is 0 Å². The fourth-order valence-electron chi connectivity index (χ4n) is 5.71. The van der Waals surface area contributed by atoms with Crippen molar-refractivity contribution in [2.75, 3.05) is 6.54 Å². The van der Waals surface area contributed by atoms with Crippen LogP contribution in [0.4, 0.5) is 0 Å². The molecular weight excluding hydrogens is 218 g/mol. The van der Waals surface area contributed by atoms with Gasteiger partial charge in [0.15, 0.2) is 0 Å². The maximum absolute atomic E-state index is 3.94. The standard InChI is InChI=1S/C17H29N/c1-12(18-11-16(2)3-4-16)17-8-13-5-14(9-17)7-15(6-13)10-17/h12-15,18H,3-11H2,1-2H3. The van der Waals surface area contributed by atoms with Crippen LogP contribution in [0.1, 0.15) is 65.2 Å². The fraction of sp³-hybridized carbons (Fsp3) is 1.00. The van der Waals surface area contributed by atoms with Gasteiger partial charge in [0, 0.05) is 12.6 Å². The quantitative estimate of drug-likeness (QED) is 0.792. The maximum Gasteiger partial charge on any atom is 0.00957 e. The molecule has 5 saturated carbocycles. The maximum atomic E-state index is 3.94. The van der Waals surface area contributed by atoms with Crippen molar-refractivity contribution in [3.8, 4) is 0 Å². The van der Waals surface area contributed by atoms with Crippen LogP contribution in [-0.2, 0) is 0 Å². The number of hydrogen-bond acceptors (Lipinski definition) is 1. The fourth-order valence-corrected chi connectivity index (χ4v) is 5.71. The molecule has 0 amide bonds. The van der Waals surface area contributed by atoms with Gasteiger partial charge in [-0.15, -0.1) is 0 Å². The Bertz CT molecular complexity index is 306. The van der Waals surface area contributed by atoms with Gasteiger partial charge < -0.3 is 5.32 Å². The van der Waals surface area contributed by atoms with Gasteiger partial charge in [-0.2, -0.15) is 0 Å². The molecule has 0 heterocycles. The van der Waals surface area contributed by atoms with Crippen LogP contribution in [0.15, 0.2) is 0 Å². The van der Waals surface area contributed by atoms with Gasteiger partial charge in [-0.1, -0.05) is 6.92 Å². The molecule has 0 aromatic heterocycles. The Morgan fingerprint density at radius 3 is 1.94 bits per heavy atom. The van der Waals surface area contributed by atoms with Crippen LogP contribution in [0, 0.1) is 28.6 Å². The molecular formula is C17H29N. The monoisotopic (exact) mass is 247 g/mol. The summed E-state index contributed by atoms with van der Waals surface area (Å²) in [4.78, 5) is 0. The summed E-state index contributed by atoms with van der Waals surface area (Å²) in [6.45, 7) is 6.22. The van der Waals surface area contributed by atoms with E-state index < -0.39 is 0 Å². The predicted molar refractivity (Wildman–Crippen MR) is 75.4 cm³/mol. The summed E-state index contributed by atoms with van der Waals surface area (Å²) in [5.74, 6) is 3.28. The highest BCUT2D eigenvalue weighted by atomic mass is 15.0. The molecule has 5 aliphatic carbocycles. The molecule has 1 unspecified atom stereocenters. The average molecular weight is 247 g/mol. The molecule has 18 heavy (non-hydrogen) atoms. The lowest BCUT2D eigenvalue weighted by Gasteiger charge is -2.59. The summed E-state index contributed by atoms with van der Waals surface area (Å²) in [5.41, 5.74) is 1.36.